The van der Waals surface area contributed by atoms with Gasteiger partial charge in [-0.2, -0.15) is 0 Å². The first-order chi connectivity index (χ1) is 7.95. The van der Waals surface area contributed by atoms with E-state index in [1.807, 2.05) is 12.1 Å². The van der Waals surface area contributed by atoms with Crippen LogP contribution < -0.4 is 0 Å². The van der Waals surface area contributed by atoms with Crippen LogP contribution in [0.3, 0.4) is 0 Å². The Bertz CT molecular complexity index is 371. The first kappa shape index (κ1) is 9.76. The van der Waals surface area contributed by atoms with Crippen LogP contribution in [0.15, 0.2) is 45.6 Å². The molecule has 0 aromatic carbocycles. The second kappa shape index (κ2) is 4.20. The topological polar surface area (TPSA) is 26.3 Å². The molecule has 2 nitrogen and oxygen atoms in total. The van der Waals surface area contributed by atoms with Crippen LogP contribution in [0.1, 0.15) is 49.0 Å². The smallest absolute Gasteiger partial charge is 0.107 e. The third-order valence-corrected chi connectivity index (χ3v) is 3.58. The molecule has 0 amide bonds. The molecule has 0 N–H and O–H groups in total. The van der Waals surface area contributed by atoms with Crippen LogP contribution >= 0.6 is 0 Å². The van der Waals surface area contributed by atoms with Gasteiger partial charge in [-0.1, -0.05) is 12.8 Å². The van der Waals surface area contributed by atoms with Crippen molar-refractivity contribution in [2.75, 3.05) is 0 Å². The lowest BCUT2D eigenvalue weighted by Gasteiger charge is -2.28. The summed E-state index contributed by atoms with van der Waals surface area (Å²) in [6.07, 6.45) is 8.54. The molecule has 1 fully saturated rings. The highest BCUT2D eigenvalue weighted by Gasteiger charge is 2.31. The molecule has 0 saturated heterocycles. The predicted molar refractivity (Wildman–Crippen MR) is 61.4 cm³/mol. The number of hydrogen-bond donors (Lipinski definition) is 0. The largest absolute Gasteiger partial charge is 0.469 e. The van der Waals surface area contributed by atoms with E-state index in [1.165, 1.54) is 25.7 Å². The molecular formula is C14H16O2. The average Bonchev–Trinajstić information content (AvgIpc) is 3.03. The van der Waals surface area contributed by atoms with E-state index in [9.17, 15) is 0 Å². The molecule has 2 unspecified atom stereocenters. The summed E-state index contributed by atoms with van der Waals surface area (Å²) < 4.78 is 11.1. The second-order valence-electron chi connectivity index (χ2n) is 4.53. The van der Waals surface area contributed by atoms with Gasteiger partial charge in [0.15, 0.2) is 0 Å². The summed E-state index contributed by atoms with van der Waals surface area (Å²) in [4.78, 5) is 0. The Morgan fingerprint density at radius 1 is 0.812 bits per heavy atom. The maximum Gasteiger partial charge on any atom is 0.107 e. The standard InChI is InChI=1S/C14H16O2/c1-2-6-12(14-8-4-10-16-14)11(5-1)13-7-3-9-15-13/h3-4,7-12H,1-2,5-6H2. The minimum absolute atomic E-state index is 0.495. The molecule has 2 aromatic heterocycles. The van der Waals surface area contributed by atoms with Gasteiger partial charge in [-0.3, -0.25) is 0 Å². The van der Waals surface area contributed by atoms with Crippen molar-refractivity contribution < 1.29 is 8.83 Å². The molecule has 16 heavy (non-hydrogen) atoms. The summed E-state index contributed by atoms with van der Waals surface area (Å²) in [5.74, 6) is 3.21. The first-order valence-electron chi connectivity index (χ1n) is 6.02. The van der Waals surface area contributed by atoms with Gasteiger partial charge in [0.25, 0.3) is 0 Å². The molecule has 1 aliphatic carbocycles. The summed E-state index contributed by atoms with van der Waals surface area (Å²) in [6.45, 7) is 0. The van der Waals surface area contributed by atoms with Crippen molar-refractivity contribution in [2.45, 2.75) is 37.5 Å². The van der Waals surface area contributed by atoms with Crippen LogP contribution in [0.4, 0.5) is 0 Å². The molecule has 0 bridgehead atoms. The lowest BCUT2D eigenvalue weighted by Crippen LogP contribution is -2.15. The molecule has 0 spiro atoms. The second-order valence-corrected chi connectivity index (χ2v) is 4.53. The highest BCUT2D eigenvalue weighted by molar-refractivity contribution is 5.17. The summed E-state index contributed by atoms with van der Waals surface area (Å²) in [7, 11) is 0. The van der Waals surface area contributed by atoms with Crippen LogP contribution in [-0.4, -0.2) is 0 Å². The van der Waals surface area contributed by atoms with E-state index in [4.69, 9.17) is 8.83 Å². The monoisotopic (exact) mass is 216 g/mol. The van der Waals surface area contributed by atoms with E-state index in [0.29, 0.717) is 11.8 Å². The fourth-order valence-corrected chi connectivity index (χ4v) is 2.82. The van der Waals surface area contributed by atoms with E-state index < -0.39 is 0 Å². The molecule has 0 radical (unpaired) electrons. The van der Waals surface area contributed by atoms with Crippen LogP contribution in [0.2, 0.25) is 0 Å². The Labute approximate surface area is 95.3 Å². The Hall–Kier alpha value is -1.44. The average molecular weight is 216 g/mol. The lowest BCUT2D eigenvalue weighted by atomic mass is 9.76. The molecular weight excluding hydrogens is 200 g/mol. The van der Waals surface area contributed by atoms with E-state index in [2.05, 4.69) is 12.1 Å². The molecule has 1 saturated carbocycles. The van der Waals surface area contributed by atoms with Gasteiger partial charge in [0, 0.05) is 11.8 Å². The molecule has 2 heterocycles. The minimum Gasteiger partial charge on any atom is -0.469 e. The van der Waals surface area contributed by atoms with Crippen molar-refractivity contribution in [2.24, 2.45) is 0 Å². The number of hydrogen-bond acceptors (Lipinski definition) is 2. The fraction of sp³-hybridized carbons (Fsp3) is 0.429. The van der Waals surface area contributed by atoms with Gasteiger partial charge in [-0.25, -0.2) is 0 Å². The maximum absolute atomic E-state index is 5.56. The van der Waals surface area contributed by atoms with Crippen LogP contribution in [0, 0.1) is 0 Å². The molecule has 1 aliphatic rings. The van der Waals surface area contributed by atoms with Crippen molar-refractivity contribution >= 4 is 0 Å². The highest BCUT2D eigenvalue weighted by atomic mass is 16.3. The third-order valence-electron chi connectivity index (χ3n) is 3.58. The first-order valence-corrected chi connectivity index (χ1v) is 6.02. The van der Waals surface area contributed by atoms with E-state index >= 15 is 0 Å². The predicted octanol–water partition coefficient (Wildman–Crippen LogP) is 4.31. The summed E-state index contributed by atoms with van der Waals surface area (Å²) >= 11 is 0. The summed E-state index contributed by atoms with van der Waals surface area (Å²) in [5.41, 5.74) is 0. The number of rotatable bonds is 2. The van der Waals surface area contributed by atoms with Crippen molar-refractivity contribution in [3.05, 3.63) is 48.3 Å². The van der Waals surface area contributed by atoms with Gasteiger partial charge < -0.3 is 8.83 Å². The van der Waals surface area contributed by atoms with E-state index in [-0.39, 0.29) is 0 Å². The summed E-state index contributed by atoms with van der Waals surface area (Å²) in [6, 6.07) is 8.13. The highest BCUT2D eigenvalue weighted by Crippen LogP contribution is 2.44. The Kier molecular flexibility index (Phi) is 2.56. The molecule has 2 atom stereocenters. The van der Waals surface area contributed by atoms with Crippen molar-refractivity contribution in [3.63, 3.8) is 0 Å². The number of furan rings is 2. The van der Waals surface area contributed by atoms with Crippen LogP contribution in [0.5, 0.6) is 0 Å². The third kappa shape index (κ3) is 1.69. The lowest BCUT2D eigenvalue weighted by molar-refractivity contribution is 0.300. The van der Waals surface area contributed by atoms with Crippen molar-refractivity contribution in [1.29, 1.82) is 0 Å². The zero-order valence-electron chi connectivity index (χ0n) is 9.26. The van der Waals surface area contributed by atoms with E-state index in [1.54, 1.807) is 12.5 Å². The van der Waals surface area contributed by atoms with Gasteiger partial charge in [-0.15, -0.1) is 0 Å². The Morgan fingerprint density at radius 2 is 1.31 bits per heavy atom. The van der Waals surface area contributed by atoms with Gasteiger partial charge in [0.2, 0.25) is 0 Å². The van der Waals surface area contributed by atoms with Crippen molar-refractivity contribution in [1.82, 2.24) is 0 Å². The Morgan fingerprint density at radius 3 is 1.69 bits per heavy atom. The Balaban J connectivity index is 1.90. The quantitative estimate of drug-likeness (QED) is 0.747. The van der Waals surface area contributed by atoms with E-state index in [0.717, 1.165) is 11.5 Å². The molecule has 2 aromatic rings. The molecule has 84 valence electrons. The maximum atomic E-state index is 5.56. The minimum atomic E-state index is 0.495. The molecule has 2 heteroatoms. The van der Waals surface area contributed by atoms with Gasteiger partial charge in [0.05, 0.1) is 12.5 Å². The zero-order chi connectivity index (χ0) is 10.8. The molecule has 3 rings (SSSR count). The molecule has 0 aliphatic heterocycles. The summed E-state index contributed by atoms with van der Waals surface area (Å²) in [5, 5.41) is 0. The van der Waals surface area contributed by atoms with Gasteiger partial charge >= 0.3 is 0 Å². The van der Waals surface area contributed by atoms with Gasteiger partial charge in [-0.05, 0) is 37.1 Å². The fourth-order valence-electron chi connectivity index (χ4n) is 2.82. The normalized spacial score (nSPS) is 25.8. The van der Waals surface area contributed by atoms with Gasteiger partial charge in [0.1, 0.15) is 11.5 Å². The SMILES string of the molecule is c1coc(C2CCCCC2c2ccco2)c1. The van der Waals surface area contributed by atoms with Crippen molar-refractivity contribution in [3.8, 4) is 0 Å². The van der Waals surface area contributed by atoms with Crippen LogP contribution in [0.25, 0.3) is 0 Å². The van der Waals surface area contributed by atoms with Crippen LogP contribution in [-0.2, 0) is 0 Å². The zero-order valence-corrected chi connectivity index (χ0v) is 9.26.